The molecule has 0 fully saturated rings. The van der Waals surface area contributed by atoms with Gasteiger partial charge in [0.05, 0.1) is 40.6 Å². The molecule has 26 heavy (non-hydrogen) atoms. The number of aryl methyl sites for hydroxylation is 2. The zero-order valence-corrected chi connectivity index (χ0v) is 15.2. The van der Waals surface area contributed by atoms with Crippen molar-refractivity contribution in [2.75, 3.05) is 4.90 Å². The number of aromatic nitrogens is 4. The largest absolute Gasteiger partial charge is 0.273 e. The van der Waals surface area contributed by atoms with Crippen LogP contribution < -0.4 is 4.90 Å². The number of hydrogen-bond donors (Lipinski definition) is 0. The van der Waals surface area contributed by atoms with Gasteiger partial charge in [-0.05, 0) is 39.3 Å². The predicted molar refractivity (Wildman–Crippen MR) is 99.1 cm³/mol. The van der Waals surface area contributed by atoms with Crippen LogP contribution in [0.5, 0.6) is 0 Å². The Morgan fingerprint density at radius 3 is 2.46 bits per heavy atom. The zero-order valence-electron chi connectivity index (χ0n) is 15.2. The van der Waals surface area contributed by atoms with Crippen molar-refractivity contribution in [3.63, 3.8) is 0 Å². The third kappa shape index (κ3) is 2.45. The van der Waals surface area contributed by atoms with E-state index in [1.54, 1.807) is 29.7 Å². The number of carbonyl (C=O) groups excluding carboxylic acids is 1. The van der Waals surface area contributed by atoms with Crippen LogP contribution in [0.2, 0.25) is 0 Å². The molecular formula is C20H19N5O. The first kappa shape index (κ1) is 16.3. The van der Waals surface area contributed by atoms with Crippen molar-refractivity contribution in [3.8, 4) is 11.3 Å². The molecule has 0 saturated heterocycles. The zero-order chi connectivity index (χ0) is 18.5. The Morgan fingerprint density at radius 1 is 0.962 bits per heavy atom. The molecule has 0 unspecified atom stereocenters. The van der Waals surface area contributed by atoms with E-state index in [2.05, 4.69) is 19.9 Å². The van der Waals surface area contributed by atoms with E-state index < -0.39 is 5.41 Å². The van der Waals surface area contributed by atoms with Crippen molar-refractivity contribution < 1.29 is 4.79 Å². The number of carbonyl (C=O) groups is 1. The van der Waals surface area contributed by atoms with Crippen LogP contribution in [0.3, 0.4) is 0 Å². The average Bonchev–Trinajstić information content (AvgIpc) is 2.81. The minimum absolute atomic E-state index is 0.0143. The highest BCUT2D eigenvalue weighted by Crippen LogP contribution is 2.45. The molecule has 0 N–H and O–H groups in total. The van der Waals surface area contributed by atoms with Gasteiger partial charge in [0.25, 0.3) is 0 Å². The van der Waals surface area contributed by atoms with Crippen molar-refractivity contribution in [2.45, 2.75) is 33.1 Å². The number of benzene rings is 1. The summed E-state index contributed by atoms with van der Waals surface area (Å²) in [5.74, 6) is 0.522. The minimum atomic E-state index is -0.627. The summed E-state index contributed by atoms with van der Waals surface area (Å²) in [4.78, 5) is 32.2. The van der Waals surface area contributed by atoms with Gasteiger partial charge in [-0.15, -0.1) is 0 Å². The Kier molecular flexibility index (Phi) is 3.57. The van der Waals surface area contributed by atoms with Crippen LogP contribution in [0.15, 0.2) is 43.0 Å². The Labute approximate surface area is 152 Å². The Balaban J connectivity index is 1.89. The van der Waals surface area contributed by atoms with E-state index in [1.165, 1.54) is 0 Å². The van der Waals surface area contributed by atoms with Crippen molar-refractivity contribution in [1.29, 1.82) is 0 Å². The first-order valence-electron chi connectivity index (χ1n) is 8.44. The van der Waals surface area contributed by atoms with E-state index in [4.69, 9.17) is 0 Å². The summed E-state index contributed by atoms with van der Waals surface area (Å²) in [7, 11) is 0. The van der Waals surface area contributed by atoms with Crippen molar-refractivity contribution in [3.05, 3.63) is 59.9 Å². The first-order valence-corrected chi connectivity index (χ1v) is 8.44. The highest BCUT2D eigenvalue weighted by Gasteiger charge is 2.45. The van der Waals surface area contributed by atoms with E-state index in [0.29, 0.717) is 5.82 Å². The molecule has 3 heterocycles. The second-order valence-corrected chi connectivity index (χ2v) is 7.06. The lowest BCUT2D eigenvalue weighted by molar-refractivity contribution is -0.121. The van der Waals surface area contributed by atoms with Crippen LogP contribution in [0.1, 0.15) is 30.8 Å². The van der Waals surface area contributed by atoms with E-state index in [-0.39, 0.29) is 5.91 Å². The molecule has 1 aliphatic heterocycles. The second-order valence-electron chi connectivity index (χ2n) is 7.06. The van der Waals surface area contributed by atoms with E-state index in [9.17, 15) is 4.79 Å². The summed E-state index contributed by atoms with van der Waals surface area (Å²) >= 11 is 0. The van der Waals surface area contributed by atoms with Crippen molar-refractivity contribution in [2.24, 2.45) is 0 Å². The average molecular weight is 345 g/mol. The quantitative estimate of drug-likeness (QED) is 0.711. The molecule has 0 atom stereocenters. The van der Waals surface area contributed by atoms with Gasteiger partial charge < -0.3 is 0 Å². The topological polar surface area (TPSA) is 71.9 Å². The monoisotopic (exact) mass is 345 g/mol. The summed E-state index contributed by atoms with van der Waals surface area (Å²) in [5.41, 5.74) is 4.47. The number of hydrogen-bond acceptors (Lipinski definition) is 5. The summed E-state index contributed by atoms with van der Waals surface area (Å²) in [6, 6.07) is 5.96. The number of rotatable bonds is 2. The summed E-state index contributed by atoms with van der Waals surface area (Å²) < 4.78 is 0. The Hall–Kier alpha value is -3.15. The molecule has 1 amide bonds. The van der Waals surface area contributed by atoms with Gasteiger partial charge >= 0.3 is 0 Å². The molecule has 0 spiro atoms. The maximum atomic E-state index is 13.1. The molecule has 1 aromatic carbocycles. The molecule has 3 aromatic rings. The molecule has 0 radical (unpaired) electrons. The fourth-order valence-corrected chi connectivity index (χ4v) is 3.24. The summed E-state index contributed by atoms with van der Waals surface area (Å²) in [6.45, 7) is 7.63. The van der Waals surface area contributed by atoms with Crippen LogP contribution in [-0.2, 0) is 10.2 Å². The SMILES string of the molecule is Cc1cnc(-c2ccc3c(c2)N(c2cncc(C)n2)C(=O)C3(C)C)cn1. The highest BCUT2D eigenvalue weighted by molar-refractivity contribution is 6.12. The van der Waals surface area contributed by atoms with Gasteiger partial charge in [0.1, 0.15) is 0 Å². The smallest absolute Gasteiger partial charge is 0.242 e. The molecular weight excluding hydrogens is 326 g/mol. The summed E-state index contributed by atoms with van der Waals surface area (Å²) in [5, 5.41) is 0. The van der Waals surface area contributed by atoms with Crippen molar-refractivity contribution >= 4 is 17.4 Å². The van der Waals surface area contributed by atoms with Gasteiger partial charge in [-0.2, -0.15) is 0 Å². The molecule has 0 bridgehead atoms. The van der Waals surface area contributed by atoms with Gasteiger partial charge in [0.2, 0.25) is 5.91 Å². The third-order valence-electron chi connectivity index (χ3n) is 4.70. The lowest BCUT2D eigenvalue weighted by Gasteiger charge is -2.19. The highest BCUT2D eigenvalue weighted by atomic mass is 16.2. The fourth-order valence-electron chi connectivity index (χ4n) is 3.24. The van der Waals surface area contributed by atoms with E-state index in [1.807, 2.05) is 45.9 Å². The third-order valence-corrected chi connectivity index (χ3v) is 4.70. The van der Waals surface area contributed by atoms with Crippen molar-refractivity contribution in [1.82, 2.24) is 19.9 Å². The second kappa shape index (κ2) is 5.69. The number of amides is 1. The maximum absolute atomic E-state index is 13.1. The van der Waals surface area contributed by atoms with Crippen LogP contribution in [0, 0.1) is 13.8 Å². The number of anilines is 2. The van der Waals surface area contributed by atoms with Gasteiger partial charge in [-0.25, -0.2) is 4.98 Å². The summed E-state index contributed by atoms with van der Waals surface area (Å²) in [6.07, 6.45) is 6.78. The van der Waals surface area contributed by atoms with Gasteiger partial charge in [0.15, 0.2) is 5.82 Å². The lowest BCUT2D eigenvalue weighted by Crippen LogP contribution is -2.33. The van der Waals surface area contributed by atoms with Gasteiger partial charge in [0, 0.05) is 18.0 Å². The molecule has 6 heteroatoms. The van der Waals surface area contributed by atoms with E-state index >= 15 is 0 Å². The normalized spacial score (nSPS) is 15.2. The fraction of sp³-hybridized carbons (Fsp3) is 0.250. The maximum Gasteiger partial charge on any atom is 0.242 e. The standard InChI is InChI=1S/C20H19N5O/c1-12-9-23-16(10-22-12)14-5-6-15-17(7-14)25(19(26)20(15,3)4)18-11-21-8-13(2)24-18/h5-11H,1-4H3. The first-order chi connectivity index (χ1) is 12.4. The Morgan fingerprint density at radius 2 is 1.77 bits per heavy atom. The minimum Gasteiger partial charge on any atom is -0.273 e. The Bertz CT molecular complexity index is 1010. The molecule has 0 saturated carbocycles. The van der Waals surface area contributed by atoms with Crippen LogP contribution in [0.4, 0.5) is 11.5 Å². The van der Waals surface area contributed by atoms with Crippen LogP contribution >= 0.6 is 0 Å². The molecule has 130 valence electrons. The van der Waals surface area contributed by atoms with Crippen LogP contribution in [-0.4, -0.2) is 25.8 Å². The predicted octanol–water partition coefficient (Wildman–Crippen LogP) is 3.51. The lowest BCUT2D eigenvalue weighted by atomic mass is 9.86. The van der Waals surface area contributed by atoms with Gasteiger partial charge in [-0.1, -0.05) is 12.1 Å². The van der Waals surface area contributed by atoms with Crippen LogP contribution in [0.25, 0.3) is 11.3 Å². The molecule has 1 aliphatic rings. The molecule has 4 rings (SSSR count). The molecule has 0 aliphatic carbocycles. The number of nitrogens with zero attached hydrogens (tertiary/aromatic N) is 5. The molecule has 2 aromatic heterocycles. The van der Waals surface area contributed by atoms with E-state index in [0.717, 1.165) is 33.9 Å². The van der Waals surface area contributed by atoms with Gasteiger partial charge in [-0.3, -0.25) is 24.6 Å². The molecule has 6 nitrogen and oxygen atoms in total. The number of fused-ring (bicyclic) bond motifs is 1.